The largest absolute Gasteiger partial charge is 0.436 e. The van der Waals surface area contributed by atoms with E-state index in [4.69, 9.17) is 0 Å². The van der Waals surface area contributed by atoms with Gasteiger partial charge >= 0.3 is 12.2 Å². The zero-order valence-electron chi connectivity index (χ0n) is 15.1. The van der Waals surface area contributed by atoms with Crippen LogP contribution in [0.2, 0.25) is 0 Å². The van der Waals surface area contributed by atoms with Crippen molar-refractivity contribution in [2.45, 2.75) is 28.6 Å². The van der Waals surface area contributed by atoms with Crippen molar-refractivity contribution in [3.63, 3.8) is 0 Å². The number of nitrogens with zero attached hydrogens (tertiary/aromatic N) is 2. The average Bonchev–Trinajstić information content (AvgIpc) is 2.98. The van der Waals surface area contributed by atoms with Crippen LogP contribution >= 0.6 is 11.8 Å². The van der Waals surface area contributed by atoms with Crippen LogP contribution in [0.4, 0.5) is 23.7 Å². The van der Waals surface area contributed by atoms with Gasteiger partial charge in [0.2, 0.25) is 0 Å². The van der Waals surface area contributed by atoms with Crippen molar-refractivity contribution in [1.82, 2.24) is 5.32 Å². The Hall–Kier alpha value is -2.53. The Balaban J connectivity index is 1.87. The van der Waals surface area contributed by atoms with Crippen LogP contribution < -0.4 is 10.2 Å². The van der Waals surface area contributed by atoms with E-state index in [1.54, 1.807) is 6.92 Å². The number of aliphatic imine (C=N–C) groups is 1. The summed E-state index contributed by atoms with van der Waals surface area (Å²) < 4.78 is 66.0. The molecule has 2 amide bonds. The van der Waals surface area contributed by atoms with E-state index >= 15 is 0 Å². The van der Waals surface area contributed by atoms with Gasteiger partial charge in [-0.2, -0.15) is 13.2 Å². The topological polar surface area (TPSA) is 78.8 Å². The number of sulfone groups is 1. The number of aryl methyl sites for hydroxylation is 1. The molecule has 152 valence electrons. The SMILES string of the molecule is Cc1ccc(C2(C(F)(F)F)N=C3Sc4cc(S(C)(=O)=O)ccc4N3C(=O)N2)cc1. The van der Waals surface area contributed by atoms with Gasteiger partial charge in [0.25, 0.3) is 5.66 Å². The molecule has 2 aliphatic heterocycles. The van der Waals surface area contributed by atoms with E-state index in [1.807, 2.05) is 5.32 Å². The molecule has 0 spiro atoms. The highest BCUT2D eigenvalue weighted by Crippen LogP contribution is 2.49. The molecule has 0 saturated heterocycles. The predicted molar refractivity (Wildman–Crippen MR) is 103 cm³/mol. The van der Waals surface area contributed by atoms with Crippen LogP contribution in [-0.2, 0) is 15.5 Å². The number of fused-ring (bicyclic) bond motifs is 3. The number of benzene rings is 2. The second kappa shape index (κ2) is 6.23. The molecule has 29 heavy (non-hydrogen) atoms. The third-order valence-corrected chi connectivity index (χ3v) is 6.74. The van der Waals surface area contributed by atoms with Gasteiger partial charge in [0.05, 0.1) is 10.6 Å². The van der Waals surface area contributed by atoms with Crippen molar-refractivity contribution in [2.24, 2.45) is 4.99 Å². The van der Waals surface area contributed by atoms with Crippen molar-refractivity contribution in [1.29, 1.82) is 0 Å². The first-order valence-corrected chi connectivity index (χ1v) is 11.0. The lowest BCUT2D eigenvalue weighted by Gasteiger charge is -2.38. The smallest absolute Gasteiger partial charge is 0.301 e. The van der Waals surface area contributed by atoms with Gasteiger partial charge in [0.15, 0.2) is 15.0 Å². The average molecular weight is 441 g/mol. The maximum Gasteiger partial charge on any atom is 0.436 e. The zero-order chi connectivity index (χ0) is 21.2. The second-order valence-electron chi connectivity index (χ2n) is 6.74. The number of rotatable bonds is 2. The normalized spacial score (nSPS) is 21.3. The maximum atomic E-state index is 14.1. The summed E-state index contributed by atoms with van der Waals surface area (Å²) in [7, 11) is -3.52. The first kappa shape index (κ1) is 19.8. The highest BCUT2D eigenvalue weighted by molar-refractivity contribution is 8.15. The Morgan fingerprint density at radius 3 is 2.38 bits per heavy atom. The quantitative estimate of drug-likeness (QED) is 0.769. The van der Waals surface area contributed by atoms with Crippen LogP contribution in [0.15, 0.2) is 57.2 Å². The molecule has 2 aromatic carbocycles. The fourth-order valence-electron chi connectivity index (χ4n) is 3.12. The molecule has 0 aliphatic carbocycles. The minimum Gasteiger partial charge on any atom is -0.301 e. The summed E-state index contributed by atoms with van der Waals surface area (Å²) in [5.41, 5.74) is -2.11. The number of hydrogen-bond acceptors (Lipinski definition) is 5. The molecule has 2 aromatic rings. The van der Waals surface area contributed by atoms with E-state index in [-0.39, 0.29) is 21.3 Å². The molecule has 4 rings (SSSR count). The summed E-state index contributed by atoms with van der Waals surface area (Å²) in [6.07, 6.45) is -3.87. The van der Waals surface area contributed by atoms with Gasteiger partial charge in [-0.25, -0.2) is 23.1 Å². The molecule has 0 aromatic heterocycles. The van der Waals surface area contributed by atoms with E-state index in [9.17, 15) is 26.4 Å². The Labute approximate surface area is 168 Å². The minimum absolute atomic E-state index is 0.00484. The number of carbonyl (C=O) groups excluding carboxylic acids is 1. The molecule has 0 fully saturated rings. The lowest BCUT2D eigenvalue weighted by atomic mass is 9.97. The molecule has 2 aliphatic rings. The summed E-state index contributed by atoms with van der Waals surface area (Å²) in [4.78, 5) is 18.0. The van der Waals surface area contributed by atoms with Gasteiger partial charge in [0, 0.05) is 16.7 Å². The van der Waals surface area contributed by atoms with Crippen molar-refractivity contribution in [3.05, 3.63) is 53.6 Å². The van der Waals surface area contributed by atoms with Crippen LogP contribution in [0.5, 0.6) is 0 Å². The van der Waals surface area contributed by atoms with Gasteiger partial charge in [0.1, 0.15) is 0 Å². The number of halogens is 3. The fraction of sp³-hybridized carbons (Fsp3) is 0.222. The number of thioether (sulfide) groups is 1. The second-order valence-corrected chi connectivity index (χ2v) is 9.76. The minimum atomic E-state index is -4.90. The Bertz CT molecular complexity index is 1160. The third-order valence-electron chi connectivity index (χ3n) is 4.63. The lowest BCUT2D eigenvalue weighted by Crippen LogP contribution is -2.62. The summed E-state index contributed by atoms with van der Waals surface area (Å²) in [6, 6.07) is 8.59. The number of hydrogen-bond donors (Lipinski definition) is 1. The van der Waals surface area contributed by atoms with E-state index < -0.39 is 27.7 Å². The summed E-state index contributed by atoms with van der Waals surface area (Å²) in [5.74, 6) is 0. The Kier molecular flexibility index (Phi) is 4.25. The van der Waals surface area contributed by atoms with Gasteiger partial charge in [-0.1, -0.05) is 29.8 Å². The summed E-state index contributed by atoms with van der Waals surface area (Å²) in [6.45, 7) is 1.74. The van der Waals surface area contributed by atoms with E-state index in [0.717, 1.165) is 28.5 Å². The van der Waals surface area contributed by atoms with Crippen molar-refractivity contribution in [3.8, 4) is 0 Å². The molecular weight excluding hydrogens is 427 g/mol. The van der Waals surface area contributed by atoms with Crippen LogP contribution in [0.25, 0.3) is 0 Å². The number of urea groups is 1. The first-order chi connectivity index (χ1) is 13.4. The molecule has 1 N–H and O–H groups in total. The first-order valence-electron chi connectivity index (χ1n) is 8.30. The van der Waals surface area contributed by atoms with Crippen molar-refractivity contribution in [2.75, 3.05) is 11.2 Å². The molecule has 1 unspecified atom stereocenters. The molecule has 6 nitrogen and oxygen atoms in total. The maximum absolute atomic E-state index is 14.1. The molecule has 11 heteroatoms. The monoisotopic (exact) mass is 441 g/mol. The molecule has 2 heterocycles. The van der Waals surface area contributed by atoms with E-state index in [1.165, 1.54) is 42.5 Å². The summed E-state index contributed by atoms with van der Waals surface area (Å²) in [5, 5.41) is 1.83. The zero-order valence-corrected chi connectivity index (χ0v) is 16.7. The third kappa shape index (κ3) is 3.08. The van der Waals surface area contributed by atoms with Crippen molar-refractivity contribution < 1.29 is 26.4 Å². The van der Waals surface area contributed by atoms with E-state index in [0.29, 0.717) is 4.90 Å². The molecule has 0 radical (unpaired) electrons. The number of alkyl halides is 3. The van der Waals surface area contributed by atoms with Gasteiger partial charge in [-0.3, -0.25) is 0 Å². The van der Waals surface area contributed by atoms with E-state index in [2.05, 4.69) is 4.99 Å². The number of amides is 2. The Morgan fingerprint density at radius 2 is 1.79 bits per heavy atom. The van der Waals surface area contributed by atoms with Crippen LogP contribution in [0, 0.1) is 6.92 Å². The van der Waals surface area contributed by atoms with Gasteiger partial charge in [-0.05, 0) is 36.9 Å². The van der Waals surface area contributed by atoms with Gasteiger partial charge < -0.3 is 5.32 Å². The molecule has 0 saturated carbocycles. The van der Waals surface area contributed by atoms with Crippen LogP contribution in [0.1, 0.15) is 11.1 Å². The molecule has 1 atom stereocenters. The highest BCUT2D eigenvalue weighted by Gasteiger charge is 2.61. The molecule has 0 bridgehead atoms. The van der Waals surface area contributed by atoms with Gasteiger partial charge in [-0.15, -0.1) is 0 Å². The highest BCUT2D eigenvalue weighted by atomic mass is 32.2. The number of nitrogens with one attached hydrogen (secondary N) is 1. The standard InChI is InChI=1S/C18H14F3N3O3S2/c1-10-3-5-11(6-4-10)17(18(19,20)21)22-15(25)24-13-8-7-12(29(2,26)27)9-14(13)28-16(24)23-17/h3-9H,1-2H3,(H,22,25). The van der Waals surface area contributed by atoms with Crippen molar-refractivity contribution >= 4 is 38.5 Å². The van der Waals surface area contributed by atoms with Crippen LogP contribution in [0.3, 0.4) is 0 Å². The molecular formula is C18H14F3N3O3S2. The van der Waals surface area contributed by atoms with Crippen LogP contribution in [-0.4, -0.2) is 32.0 Å². The predicted octanol–water partition coefficient (Wildman–Crippen LogP) is 3.81. The number of anilines is 1. The summed E-state index contributed by atoms with van der Waals surface area (Å²) >= 11 is 0.821. The fourth-order valence-corrected chi connectivity index (χ4v) is 4.94. The lowest BCUT2D eigenvalue weighted by molar-refractivity contribution is -0.195. The Morgan fingerprint density at radius 1 is 1.14 bits per heavy atom. The number of carbonyl (C=O) groups is 1. The number of amidine groups is 1.